The molecule has 1 rings (SSSR count). The number of hydrogen-bond donors (Lipinski definition) is 4. The maximum Gasteiger partial charge on any atom is 0.142 e. The van der Waals surface area contributed by atoms with Crippen LogP contribution in [0, 0.1) is 5.41 Å². The van der Waals surface area contributed by atoms with Crippen molar-refractivity contribution in [3.8, 4) is 0 Å². The third-order valence-corrected chi connectivity index (χ3v) is 0.967. The third-order valence-electron chi connectivity index (χ3n) is 0.967. The third kappa shape index (κ3) is 0.501. The average molecular weight is 112 g/mol. The second-order valence-electron chi connectivity index (χ2n) is 1.66. The van der Waals surface area contributed by atoms with Crippen LogP contribution in [0.2, 0.25) is 0 Å². The average Bonchev–Trinajstić information content (AvgIpc) is 1.61. The lowest BCUT2D eigenvalue weighted by molar-refractivity contribution is 0.958. The lowest BCUT2D eigenvalue weighted by Crippen LogP contribution is -2.11. The Kier molecular flexibility index (Phi) is 0.865. The zero-order valence-electron chi connectivity index (χ0n) is 4.58. The molecule has 0 saturated heterocycles. The SMILES string of the molecule is CC(=N)c1[nH][nH]c1N. The Balaban J connectivity index is 2.84. The maximum atomic E-state index is 7.04. The molecular weight excluding hydrogens is 104 g/mol. The Morgan fingerprint density at radius 2 is 2.25 bits per heavy atom. The molecule has 4 nitrogen and oxygen atoms in total. The van der Waals surface area contributed by atoms with Crippen LogP contribution >= 0.6 is 0 Å². The fraction of sp³-hybridized carbons (Fsp3) is 0.250. The van der Waals surface area contributed by atoms with Gasteiger partial charge in [0.1, 0.15) is 11.5 Å². The van der Waals surface area contributed by atoms with E-state index in [-0.39, 0.29) is 0 Å². The van der Waals surface area contributed by atoms with Gasteiger partial charge in [-0.05, 0) is 6.92 Å². The van der Waals surface area contributed by atoms with Gasteiger partial charge in [-0.1, -0.05) is 0 Å². The Hall–Kier alpha value is -1.19. The number of nitrogens with one attached hydrogen (secondary N) is 3. The summed E-state index contributed by atoms with van der Waals surface area (Å²) in [5, 5.41) is 12.3. The zero-order valence-corrected chi connectivity index (χ0v) is 4.58. The standard InChI is InChI=1S/C4H8N4/c1-2(5)3-4(6)8-7-3/h5,7-8H,6H2,1H3. The minimum absolute atomic E-state index is 0.459. The van der Waals surface area contributed by atoms with E-state index in [1.165, 1.54) is 0 Å². The van der Waals surface area contributed by atoms with Crippen molar-refractivity contribution in [1.29, 1.82) is 5.41 Å². The highest BCUT2D eigenvalue weighted by atomic mass is 15.2. The topological polar surface area (TPSA) is 81.5 Å². The van der Waals surface area contributed by atoms with Crippen LogP contribution in [0.1, 0.15) is 12.6 Å². The van der Waals surface area contributed by atoms with Gasteiger partial charge in [0.15, 0.2) is 0 Å². The molecule has 0 radical (unpaired) electrons. The van der Waals surface area contributed by atoms with Crippen LogP contribution < -0.4 is 5.73 Å². The fourth-order valence-electron chi connectivity index (χ4n) is 0.493. The quantitative estimate of drug-likeness (QED) is 0.387. The largest absolute Gasteiger partial charge is 0.382 e. The number of anilines is 1. The van der Waals surface area contributed by atoms with Crippen LogP contribution in [0.3, 0.4) is 0 Å². The Morgan fingerprint density at radius 1 is 1.62 bits per heavy atom. The van der Waals surface area contributed by atoms with E-state index in [4.69, 9.17) is 11.1 Å². The monoisotopic (exact) mass is 112 g/mol. The van der Waals surface area contributed by atoms with Crippen LogP contribution in [-0.2, 0) is 0 Å². The number of hydrogen-bond acceptors (Lipinski definition) is 2. The molecule has 5 N–H and O–H groups in total. The highest BCUT2D eigenvalue weighted by Gasteiger charge is 2.02. The minimum atomic E-state index is 0.459. The van der Waals surface area contributed by atoms with Gasteiger partial charge in [-0.3, -0.25) is 10.2 Å². The van der Waals surface area contributed by atoms with Gasteiger partial charge in [0.2, 0.25) is 0 Å². The van der Waals surface area contributed by atoms with Crippen molar-refractivity contribution in [3.63, 3.8) is 0 Å². The number of nitrogen functional groups attached to an aromatic ring is 1. The predicted molar refractivity (Wildman–Crippen MR) is 32.1 cm³/mol. The second kappa shape index (κ2) is 1.40. The van der Waals surface area contributed by atoms with Gasteiger partial charge in [0.25, 0.3) is 0 Å². The lowest BCUT2D eigenvalue weighted by Gasteiger charge is -2.06. The molecule has 0 aliphatic carbocycles. The van der Waals surface area contributed by atoms with E-state index in [0.717, 1.165) is 0 Å². The summed E-state index contributed by atoms with van der Waals surface area (Å²) in [6.45, 7) is 1.68. The van der Waals surface area contributed by atoms with Crippen molar-refractivity contribution < 1.29 is 0 Å². The second-order valence-corrected chi connectivity index (χ2v) is 1.66. The minimum Gasteiger partial charge on any atom is -0.382 e. The highest BCUT2D eigenvalue weighted by molar-refractivity contribution is 5.98. The molecule has 0 aliphatic rings. The number of aromatic nitrogens is 2. The first-order valence-corrected chi connectivity index (χ1v) is 2.29. The van der Waals surface area contributed by atoms with Crippen LogP contribution in [0.4, 0.5) is 5.82 Å². The van der Waals surface area contributed by atoms with E-state index in [1.54, 1.807) is 6.92 Å². The number of aromatic amines is 2. The van der Waals surface area contributed by atoms with Crippen LogP contribution in [0.5, 0.6) is 0 Å². The van der Waals surface area contributed by atoms with E-state index < -0.39 is 0 Å². The molecule has 0 fully saturated rings. The van der Waals surface area contributed by atoms with E-state index in [0.29, 0.717) is 17.2 Å². The summed E-state index contributed by atoms with van der Waals surface area (Å²) in [5.74, 6) is 0.553. The van der Waals surface area contributed by atoms with Crippen molar-refractivity contribution in [2.24, 2.45) is 0 Å². The van der Waals surface area contributed by atoms with Crippen molar-refractivity contribution in [2.75, 3.05) is 5.73 Å². The normalized spacial score (nSPS) is 9.62. The first-order valence-electron chi connectivity index (χ1n) is 2.29. The van der Waals surface area contributed by atoms with Gasteiger partial charge in [-0.15, -0.1) is 0 Å². The summed E-state index contributed by atoms with van der Waals surface area (Å²) in [7, 11) is 0. The Labute approximate surface area is 46.6 Å². The number of H-pyrrole nitrogens is 2. The molecule has 44 valence electrons. The number of rotatable bonds is 1. The molecule has 0 aliphatic heterocycles. The molecule has 0 unspecified atom stereocenters. The van der Waals surface area contributed by atoms with Crippen LogP contribution in [0.15, 0.2) is 0 Å². The zero-order chi connectivity index (χ0) is 6.15. The molecule has 1 aromatic heterocycles. The van der Waals surface area contributed by atoms with Gasteiger partial charge >= 0.3 is 0 Å². The molecule has 0 spiro atoms. The van der Waals surface area contributed by atoms with Gasteiger partial charge < -0.3 is 11.1 Å². The predicted octanol–water partition coefficient (Wildman–Crippen LogP) is 0.313. The first kappa shape index (κ1) is 4.96. The summed E-state index contributed by atoms with van der Waals surface area (Å²) in [4.78, 5) is 0. The lowest BCUT2D eigenvalue weighted by atomic mass is 10.3. The van der Waals surface area contributed by atoms with Crippen LogP contribution in [0.25, 0.3) is 0 Å². The van der Waals surface area contributed by atoms with Crippen molar-refractivity contribution in [2.45, 2.75) is 6.92 Å². The molecule has 4 heteroatoms. The molecule has 1 heterocycles. The van der Waals surface area contributed by atoms with Crippen molar-refractivity contribution in [1.82, 2.24) is 10.2 Å². The summed E-state index contributed by atoms with van der Waals surface area (Å²) in [5.41, 5.74) is 6.45. The molecule has 0 saturated carbocycles. The molecule has 0 amide bonds. The molecular formula is C4H8N4. The van der Waals surface area contributed by atoms with E-state index >= 15 is 0 Å². The van der Waals surface area contributed by atoms with E-state index in [1.807, 2.05) is 0 Å². The fourth-order valence-corrected chi connectivity index (χ4v) is 0.493. The Bertz CT molecular complexity index is 194. The van der Waals surface area contributed by atoms with Gasteiger partial charge in [0.05, 0.1) is 5.71 Å². The molecule has 8 heavy (non-hydrogen) atoms. The van der Waals surface area contributed by atoms with Crippen molar-refractivity contribution >= 4 is 11.5 Å². The molecule has 0 aromatic carbocycles. The molecule has 0 atom stereocenters. The van der Waals surface area contributed by atoms with Gasteiger partial charge in [0, 0.05) is 0 Å². The van der Waals surface area contributed by atoms with Gasteiger partial charge in [-0.2, -0.15) is 0 Å². The highest BCUT2D eigenvalue weighted by Crippen LogP contribution is 2.04. The number of nitrogens with two attached hydrogens (primary N) is 1. The van der Waals surface area contributed by atoms with Crippen molar-refractivity contribution in [3.05, 3.63) is 5.69 Å². The summed E-state index contributed by atoms with van der Waals surface area (Å²) < 4.78 is 0. The Morgan fingerprint density at radius 3 is 2.25 bits per heavy atom. The van der Waals surface area contributed by atoms with Crippen LogP contribution in [-0.4, -0.2) is 15.9 Å². The molecule has 1 aromatic rings. The smallest absolute Gasteiger partial charge is 0.142 e. The summed E-state index contributed by atoms with van der Waals surface area (Å²) >= 11 is 0. The molecule has 0 bridgehead atoms. The summed E-state index contributed by atoms with van der Waals surface area (Å²) in [6.07, 6.45) is 0. The summed E-state index contributed by atoms with van der Waals surface area (Å²) in [6, 6.07) is 0. The van der Waals surface area contributed by atoms with Gasteiger partial charge in [-0.25, -0.2) is 0 Å². The van der Waals surface area contributed by atoms with E-state index in [9.17, 15) is 0 Å². The van der Waals surface area contributed by atoms with E-state index in [2.05, 4.69) is 10.2 Å². The maximum absolute atomic E-state index is 7.04. The first-order chi connectivity index (χ1) is 3.72.